The molecule has 0 aromatic carbocycles. The Hall–Kier alpha value is -0.570. The number of carbonyl (C=O) groups is 1. The van der Waals surface area contributed by atoms with Gasteiger partial charge in [0.25, 0.3) is 0 Å². The van der Waals surface area contributed by atoms with Crippen LogP contribution in [0.5, 0.6) is 0 Å². The van der Waals surface area contributed by atoms with Crippen molar-refractivity contribution in [2.75, 3.05) is 20.6 Å². The van der Waals surface area contributed by atoms with Crippen LogP contribution in [0, 0.1) is 0 Å². The molecule has 0 aliphatic heterocycles. The quantitative estimate of drug-likeness (QED) is 0.241. The van der Waals surface area contributed by atoms with Gasteiger partial charge in [0.15, 0.2) is 5.54 Å². The lowest BCUT2D eigenvalue weighted by Crippen LogP contribution is -2.62. The van der Waals surface area contributed by atoms with E-state index in [2.05, 4.69) is 13.8 Å². The maximum atomic E-state index is 11.8. The zero-order valence-corrected chi connectivity index (χ0v) is 17.9. The molecular weight excluding hydrogens is 310 g/mol. The van der Waals surface area contributed by atoms with Crippen LogP contribution >= 0.6 is 0 Å². The van der Waals surface area contributed by atoms with Gasteiger partial charge in [0.2, 0.25) is 0 Å². The molecule has 0 heterocycles. The van der Waals surface area contributed by atoms with E-state index >= 15 is 0 Å². The predicted molar refractivity (Wildman–Crippen MR) is 109 cm³/mol. The highest BCUT2D eigenvalue weighted by atomic mass is 16.4. The van der Waals surface area contributed by atoms with E-state index in [0.717, 1.165) is 19.4 Å². The summed E-state index contributed by atoms with van der Waals surface area (Å²) in [5, 5.41) is 9.67. The SMILES string of the molecule is CCCCCCCCCCCCCCCC(C)(C(=O)O)[N+](C)(C)CC. The molecule has 1 N–H and O–H groups in total. The van der Waals surface area contributed by atoms with Crippen LogP contribution in [-0.4, -0.2) is 41.7 Å². The molecule has 150 valence electrons. The van der Waals surface area contributed by atoms with Crippen molar-refractivity contribution in [2.45, 2.75) is 116 Å². The second-order valence-corrected chi connectivity index (χ2v) is 8.57. The number of quaternary nitrogens is 1. The highest BCUT2D eigenvalue weighted by molar-refractivity contribution is 5.76. The number of nitrogens with zero attached hydrogens (tertiary/aromatic N) is 1. The molecule has 3 nitrogen and oxygen atoms in total. The monoisotopic (exact) mass is 356 g/mol. The second kappa shape index (κ2) is 13.6. The van der Waals surface area contributed by atoms with Crippen LogP contribution in [0.1, 0.15) is 111 Å². The average Bonchev–Trinajstić information content (AvgIpc) is 2.58. The molecular formula is C22H46NO2+. The van der Waals surface area contributed by atoms with Crippen molar-refractivity contribution in [2.24, 2.45) is 0 Å². The Morgan fingerprint density at radius 3 is 1.44 bits per heavy atom. The first-order chi connectivity index (χ1) is 11.8. The number of carboxylic acid groups (broad SMARTS) is 1. The van der Waals surface area contributed by atoms with Crippen molar-refractivity contribution in [3.8, 4) is 0 Å². The van der Waals surface area contributed by atoms with Gasteiger partial charge in [-0.1, -0.05) is 84.0 Å². The summed E-state index contributed by atoms with van der Waals surface area (Å²) in [6.07, 6.45) is 18.1. The number of unbranched alkanes of at least 4 members (excludes halogenated alkanes) is 12. The van der Waals surface area contributed by atoms with Gasteiger partial charge in [-0.25, -0.2) is 4.79 Å². The molecule has 0 spiro atoms. The van der Waals surface area contributed by atoms with Crippen molar-refractivity contribution in [1.29, 1.82) is 0 Å². The number of hydrogen-bond donors (Lipinski definition) is 1. The van der Waals surface area contributed by atoms with E-state index in [-0.39, 0.29) is 0 Å². The van der Waals surface area contributed by atoms with Gasteiger partial charge in [-0.15, -0.1) is 0 Å². The molecule has 0 aromatic rings. The molecule has 0 saturated heterocycles. The fraction of sp³-hybridized carbons (Fsp3) is 0.955. The van der Waals surface area contributed by atoms with Crippen LogP contribution in [0.25, 0.3) is 0 Å². The number of hydrogen-bond acceptors (Lipinski definition) is 1. The molecule has 3 heteroatoms. The van der Waals surface area contributed by atoms with E-state index in [1.54, 1.807) is 0 Å². The molecule has 0 amide bonds. The Labute approximate surface area is 157 Å². The molecule has 0 radical (unpaired) electrons. The van der Waals surface area contributed by atoms with E-state index in [1.807, 2.05) is 21.0 Å². The topological polar surface area (TPSA) is 37.3 Å². The molecule has 0 aliphatic rings. The first kappa shape index (κ1) is 24.4. The lowest BCUT2D eigenvalue weighted by molar-refractivity contribution is -0.929. The molecule has 0 aromatic heterocycles. The molecule has 0 fully saturated rings. The third kappa shape index (κ3) is 9.63. The maximum absolute atomic E-state index is 11.8. The van der Waals surface area contributed by atoms with Crippen LogP contribution in [-0.2, 0) is 4.79 Å². The van der Waals surface area contributed by atoms with Gasteiger partial charge in [-0.3, -0.25) is 0 Å². The summed E-state index contributed by atoms with van der Waals surface area (Å²) < 4.78 is 0.556. The van der Waals surface area contributed by atoms with Crippen LogP contribution in [0.2, 0.25) is 0 Å². The van der Waals surface area contributed by atoms with Crippen LogP contribution in [0.3, 0.4) is 0 Å². The lowest BCUT2D eigenvalue weighted by Gasteiger charge is -2.43. The summed E-state index contributed by atoms with van der Waals surface area (Å²) in [6.45, 7) is 7.11. The van der Waals surface area contributed by atoms with Gasteiger partial charge in [-0.2, -0.15) is 0 Å². The molecule has 25 heavy (non-hydrogen) atoms. The summed E-state index contributed by atoms with van der Waals surface area (Å²) in [5.41, 5.74) is -0.660. The number of carboxylic acids is 1. The van der Waals surface area contributed by atoms with Gasteiger partial charge < -0.3 is 9.59 Å². The smallest absolute Gasteiger partial charge is 0.365 e. The Morgan fingerprint density at radius 1 is 0.760 bits per heavy atom. The molecule has 0 aliphatic carbocycles. The van der Waals surface area contributed by atoms with Crippen molar-refractivity contribution in [1.82, 2.24) is 0 Å². The van der Waals surface area contributed by atoms with Gasteiger partial charge >= 0.3 is 5.97 Å². The molecule has 1 atom stereocenters. The highest BCUT2D eigenvalue weighted by Crippen LogP contribution is 2.27. The fourth-order valence-electron chi connectivity index (χ4n) is 3.50. The molecule has 1 unspecified atom stereocenters. The zero-order valence-electron chi connectivity index (χ0n) is 17.9. The van der Waals surface area contributed by atoms with Gasteiger partial charge in [0.1, 0.15) is 0 Å². The highest BCUT2D eigenvalue weighted by Gasteiger charge is 2.46. The van der Waals surface area contributed by atoms with Crippen LogP contribution < -0.4 is 0 Å². The minimum atomic E-state index is -0.660. The lowest BCUT2D eigenvalue weighted by atomic mass is 9.90. The van der Waals surface area contributed by atoms with Crippen molar-refractivity contribution < 1.29 is 14.4 Å². The van der Waals surface area contributed by atoms with Crippen molar-refractivity contribution in [3.63, 3.8) is 0 Å². The normalized spacial score (nSPS) is 14.4. The summed E-state index contributed by atoms with van der Waals surface area (Å²) in [7, 11) is 4.08. The number of aliphatic carboxylic acids is 1. The maximum Gasteiger partial charge on any atom is 0.365 e. The summed E-state index contributed by atoms with van der Waals surface area (Å²) >= 11 is 0. The van der Waals surface area contributed by atoms with E-state index in [9.17, 15) is 9.90 Å². The number of rotatable bonds is 17. The Kier molecular flexibility index (Phi) is 13.3. The van der Waals surface area contributed by atoms with E-state index in [1.165, 1.54) is 77.0 Å². The standard InChI is InChI=1S/C22H45NO2/c1-6-8-9-10-11-12-13-14-15-16-17-18-19-20-22(3,21(24)25)23(4,5)7-2/h6-20H2,1-5H3/p+1. The minimum absolute atomic E-state index is 0.556. The zero-order chi connectivity index (χ0) is 19.2. The van der Waals surface area contributed by atoms with Gasteiger partial charge in [0, 0.05) is 13.3 Å². The van der Waals surface area contributed by atoms with Crippen molar-refractivity contribution in [3.05, 3.63) is 0 Å². The first-order valence-electron chi connectivity index (χ1n) is 10.9. The molecule has 0 rings (SSSR count). The molecule has 0 saturated carbocycles. The second-order valence-electron chi connectivity index (χ2n) is 8.57. The molecule has 0 bridgehead atoms. The van der Waals surface area contributed by atoms with Crippen molar-refractivity contribution >= 4 is 5.97 Å². The third-order valence-corrected chi connectivity index (χ3v) is 6.35. The van der Waals surface area contributed by atoms with Crippen LogP contribution in [0.15, 0.2) is 0 Å². The summed E-state index contributed by atoms with van der Waals surface area (Å²) in [5.74, 6) is -0.654. The summed E-state index contributed by atoms with van der Waals surface area (Å²) in [6, 6.07) is 0. The van der Waals surface area contributed by atoms with Gasteiger partial charge in [-0.05, 0) is 13.3 Å². The summed E-state index contributed by atoms with van der Waals surface area (Å²) in [4.78, 5) is 11.8. The Morgan fingerprint density at radius 2 is 1.12 bits per heavy atom. The third-order valence-electron chi connectivity index (χ3n) is 6.35. The Balaban J connectivity index is 3.67. The average molecular weight is 357 g/mol. The number of likely N-dealkylation sites (N-methyl/N-ethyl adjacent to an activating group) is 1. The minimum Gasteiger partial charge on any atom is -0.477 e. The van der Waals surface area contributed by atoms with E-state index < -0.39 is 11.5 Å². The first-order valence-corrected chi connectivity index (χ1v) is 10.9. The van der Waals surface area contributed by atoms with E-state index in [0.29, 0.717) is 4.48 Å². The predicted octanol–water partition coefficient (Wildman–Crippen LogP) is 6.41. The van der Waals surface area contributed by atoms with E-state index in [4.69, 9.17) is 0 Å². The van der Waals surface area contributed by atoms with Crippen LogP contribution in [0.4, 0.5) is 0 Å². The van der Waals surface area contributed by atoms with Gasteiger partial charge in [0.05, 0.1) is 20.6 Å². The Bertz CT molecular complexity index is 341. The largest absolute Gasteiger partial charge is 0.477 e. The fourth-order valence-corrected chi connectivity index (χ4v) is 3.50.